The first kappa shape index (κ1) is 17.4. The predicted octanol–water partition coefficient (Wildman–Crippen LogP) is 4.10. The summed E-state index contributed by atoms with van der Waals surface area (Å²) in [4.78, 5) is 2.28. The maximum absolute atomic E-state index is 13.4. The number of rotatable bonds is 7. The van der Waals surface area contributed by atoms with Crippen LogP contribution in [0.25, 0.3) is 0 Å². The Labute approximate surface area is 136 Å². The molecule has 0 aliphatic carbocycles. The van der Waals surface area contributed by atoms with E-state index >= 15 is 0 Å². The highest BCUT2D eigenvalue weighted by molar-refractivity contribution is 5.47. The number of nitrogens with two attached hydrogens (primary N) is 1. The van der Waals surface area contributed by atoms with Gasteiger partial charge in [-0.15, -0.1) is 0 Å². The minimum atomic E-state index is -0.826. The first-order valence-electron chi connectivity index (χ1n) is 8.07. The van der Waals surface area contributed by atoms with E-state index in [0.29, 0.717) is 13.0 Å². The second-order valence-corrected chi connectivity index (χ2v) is 5.65. The molecule has 0 heterocycles. The van der Waals surface area contributed by atoms with E-state index in [2.05, 4.69) is 43.0 Å². The van der Waals surface area contributed by atoms with Gasteiger partial charge in [0.2, 0.25) is 0 Å². The summed E-state index contributed by atoms with van der Waals surface area (Å²) in [5, 5.41) is 0. The molecule has 0 saturated carbocycles. The Kier molecular flexibility index (Phi) is 6.11. The molecule has 0 radical (unpaired) electrons. The van der Waals surface area contributed by atoms with Crippen molar-refractivity contribution in [3.05, 3.63) is 65.2 Å². The molecule has 23 heavy (non-hydrogen) atoms. The Morgan fingerprint density at radius 3 is 2.13 bits per heavy atom. The third-order valence-electron chi connectivity index (χ3n) is 4.25. The zero-order valence-corrected chi connectivity index (χ0v) is 13.7. The standard InChI is InChI=1S/C19H24F2N2/c1-3-23(4-2)17-8-5-14(6-9-17)11-16(13-22)15-7-10-18(20)19(21)12-15/h5-10,12,16H,3-4,11,13,22H2,1-2H3. The third kappa shape index (κ3) is 4.29. The topological polar surface area (TPSA) is 29.3 Å². The minimum Gasteiger partial charge on any atom is -0.372 e. The molecule has 1 unspecified atom stereocenters. The molecule has 0 saturated heterocycles. The maximum Gasteiger partial charge on any atom is 0.159 e. The highest BCUT2D eigenvalue weighted by Gasteiger charge is 2.13. The van der Waals surface area contributed by atoms with E-state index in [-0.39, 0.29) is 5.92 Å². The average molecular weight is 318 g/mol. The largest absolute Gasteiger partial charge is 0.372 e. The number of anilines is 1. The molecule has 0 bridgehead atoms. The van der Waals surface area contributed by atoms with Crippen LogP contribution in [-0.4, -0.2) is 19.6 Å². The molecule has 124 valence electrons. The van der Waals surface area contributed by atoms with Crippen molar-refractivity contribution in [2.75, 3.05) is 24.5 Å². The zero-order chi connectivity index (χ0) is 16.8. The first-order valence-corrected chi connectivity index (χ1v) is 8.07. The summed E-state index contributed by atoms with van der Waals surface area (Å²) in [6.45, 7) is 6.59. The molecule has 2 rings (SSSR count). The molecule has 0 fully saturated rings. The summed E-state index contributed by atoms with van der Waals surface area (Å²) in [6, 6.07) is 12.4. The fourth-order valence-corrected chi connectivity index (χ4v) is 2.82. The van der Waals surface area contributed by atoms with Crippen LogP contribution < -0.4 is 10.6 Å². The van der Waals surface area contributed by atoms with Gasteiger partial charge in [0.05, 0.1) is 0 Å². The molecule has 0 aliphatic rings. The molecule has 0 aliphatic heterocycles. The van der Waals surface area contributed by atoms with Crippen LogP contribution in [0.2, 0.25) is 0 Å². The second-order valence-electron chi connectivity index (χ2n) is 5.65. The molecule has 2 N–H and O–H groups in total. The van der Waals surface area contributed by atoms with Crippen LogP contribution in [0.5, 0.6) is 0 Å². The third-order valence-corrected chi connectivity index (χ3v) is 4.25. The van der Waals surface area contributed by atoms with Gasteiger partial charge in [-0.05, 0) is 62.2 Å². The van der Waals surface area contributed by atoms with Crippen molar-refractivity contribution in [1.29, 1.82) is 0 Å². The lowest BCUT2D eigenvalue weighted by atomic mass is 9.92. The highest BCUT2D eigenvalue weighted by Crippen LogP contribution is 2.23. The van der Waals surface area contributed by atoms with Gasteiger partial charge in [-0.1, -0.05) is 18.2 Å². The second kappa shape index (κ2) is 8.06. The van der Waals surface area contributed by atoms with Crippen molar-refractivity contribution in [2.24, 2.45) is 5.73 Å². The van der Waals surface area contributed by atoms with Crippen LogP contribution in [0.15, 0.2) is 42.5 Å². The van der Waals surface area contributed by atoms with Gasteiger partial charge >= 0.3 is 0 Å². The lowest BCUT2D eigenvalue weighted by Gasteiger charge is -2.21. The van der Waals surface area contributed by atoms with E-state index in [9.17, 15) is 8.78 Å². The van der Waals surface area contributed by atoms with Crippen LogP contribution in [0.1, 0.15) is 30.9 Å². The maximum atomic E-state index is 13.4. The molecule has 2 nitrogen and oxygen atoms in total. The van der Waals surface area contributed by atoms with Gasteiger partial charge in [0, 0.05) is 24.7 Å². The van der Waals surface area contributed by atoms with Crippen molar-refractivity contribution >= 4 is 5.69 Å². The van der Waals surface area contributed by atoms with Crippen molar-refractivity contribution in [1.82, 2.24) is 0 Å². The van der Waals surface area contributed by atoms with Crippen molar-refractivity contribution in [2.45, 2.75) is 26.2 Å². The molecule has 4 heteroatoms. The van der Waals surface area contributed by atoms with E-state index < -0.39 is 11.6 Å². The summed E-state index contributed by atoms with van der Waals surface area (Å²) in [7, 11) is 0. The van der Waals surface area contributed by atoms with Gasteiger partial charge in [-0.25, -0.2) is 8.78 Å². The van der Waals surface area contributed by atoms with Crippen LogP contribution in [0, 0.1) is 11.6 Å². The minimum absolute atomic E-state index is 0.0237. The molecule has 2 aromatic carbocycles. The number of halogens is 2. The molecule has 1 atom stereocenters. The van der Waals surface area contributed by atoms with Crippen LogP contribution in [0.4, 0.5) is 14.5 Å². The number of hydrogen-bond acceptors (Lipinski definition) is 2. The number of hydrogen-bond donors (Lipinski definition) is 1. The molecular weight excluding hydrogens is 294 g/mol. The molecule has 0 spiro atoms. The summed E-state index contributed by atoms with van der Waals surface area (Å²) in [5.41, 5.74) is 8.90. The highest BCUT2D eigenvalue weighted by atomic mass is 19.2. The van der Waals surface area contributed by atoms with Gasteiger partial charge in [0.15, 0.2) is 11.6 Å². The van der Waals surface area contributed by atoms with E-state index in [1.54, 1.807) is 6.07 Å². The van der Waals surface area contributed by atoms with E-state index in [4.69, 9.17) is 5.73 Å². The predicted molar refractivity (Wildman–Crippen MR) is 91.9 cm³/mol. The summed E-state index contributed by atoms with van der Waals surface area (Å²) >= 11 is 0. The zero-order valence-electron chi connectivity index (χ0n) is 13.7. The number of nitrogens with zero attached hydrogens (tertiary/aromatic N) is 1. The van der Waals surface area contributed by atoms with Crippen LogP contribution in [-0.2, 0) is 6.42 Å². The smallest absolute Gasteiger partial charge is 0.159 e. The Hall–Kier alpha value is -1.94. The molecular formula is C19H24F2N2. The quantitative estimate of drug-likeness (QED) is 0.833. The molecule has 0 aromatic heterocycles. The lowest BCUT2D eigenvalue weighted by molar-refractivity contribution is 0.505. The SMILES string of the molecule is CCN(CC)c1ccc(CC(CN)c2ccc(F)c(F)c2)cc1. The molecule has 0 amide bonds. The van der Waals surface area contributed by atoms with Gasteiger partial charge in [-0.3, -0.25) is 0 Å². The summed E-state index contributed by atoms with van der Waals surface area (Å²) in [5.74, 6) is -1.67. The average Bonchev–Trinajstić information content (AvgIpc) is 2.57. The number of benzene rings is 2. The Morgan fingerprint density at radius 1 is 0.957 bits per heavy atom. The van der Waals surface area contributed by atoms with Crippen LogP contribution >= 0.6 is 0 Å². The van der Waals surface area contributed by atoms with E-state index in [1.165, 1.54) is 11.8 Å². The van der Waals surface area contributed by atoms with Crippen LogP contribution in [0.3, 0.4) is 0 Å². The monoisotopic (exact) mass is 318 g/mol. The van der Waals surface area contributed by atoms with E-state index in [0.717, 1.165) is 30.3 Å². The summed E-state index contributed by atoms with van der Waals surface area (Å²) < 4.78 is 26.5. The van der Waals surface area contributed by atoms with E-state index in [1.807, 2.05) is 0 Å². The summed E-state index contributed by atoms with van der Waals surface area (Å²) in [6.07, 6.45) is 0.708. The van der Waals surface area contributed by atoms with Gasteiger partial charge in [0.1, 0.15) is 0 Å². The van der Waals surface area contributed by atoms with Crippen molar-refractivity contribution < 1.29 is 8.78 Å². The van der Waals surface area contributed by atoms with Crippen molar-refractivity contribution in [3.8, 4) is 0 Å². The fourth-order valence-electron chi connectivity index (χ4n) is 2.82. The first-order chi connectivity index (χ1) is 11.1. The lowest BCUT2D eigenvalue weighted by Crippen LogP contribution is -2.21. The molecule has 2 aromatic rings. The Bertz CT molecular complexity index is 622. The van der Waals surface area contributed by atoms with Crippen molar-refractivity contribution in [3.63, 3.8) is 0 Å². The normalized spacial score (nSPS) is 12.2. The van der Waals surface area contributed by atoms with Gasteiger partial charge in [-0.2, -0.15) is 0 Å². The fraction of sp³-hybridized carbons (Fsp3) is 0.368. The van der Waals surface area contributed by atoms with Gasteiger partial charge in [0.25, 0.3) is 0 Å². The Balaban J connectivity index is 2.13. The Morgan fingerprint density at radius 2 is 1.61 bits per heavy atom. The van der Waals surface area contributed by atoms with Gasteiger partial charge < -0.3 is 10.6 Å².